The number of sulfone groups is 1. The number of nitrogens with one attached hydrogen (secondary N) is 1. The predicted molar refractivity (Wildman–Crippen MR) is 126 cm³/mol. The Balaban J connectivity index is 1.91. The van der Waals surface area contributed by atoms with E-state index in [-0.39, 0.29) is 15.9 Å². The molecular weight excluding hydrogens is 462 g/mol. The van der Waals surface area contributed by atoms with Crippen molar-refractivity contribution in [3.63, 3.8) is 0 Å². The van der Waals surface area contributed by atoms with Crippen molar-refractivity contribution in [2.75, 3.05) is 12.4 Å². The van der Waals surface area contributed by atoms with Crippen LogP contribution in [0.4, 0.5) is 5.13 Å². The third-order valence-corrected chi connectivity index (χ3v) is 7.64. The summed E-state index contributed by atoms with van der Waals surface area (Å²) in [4.78, 5) is 16.6. The highest BCUT2D eigenvalue weighted by Crippen LogP contribution is 2.29. The first-order chi connectivity index (χ1) is 15.6. The van der Waals surface area contributed by atoms with Gasteiger partial charge in [0.05, 0.1) is 18.0 Å². The Morgan fingerprint density at radius 1 is 1.30 bits per heavy atom. The van der Waals surface area contributed by atoms with Crippen molar-refractivity contribution >= 4 is 38.5 Å². The molecule has 1 aromatic carbocycles. The Labute approximate surface area is 196 Å². The van der Waals surface area contributed by atoms with Crippen molar-refractivity contribution in [3.8, 4) is 17.5 Å². The maximum absolute atomic E-state index is 12.7. The number of carbonyl (C=O) groups excluding carboxylic acids is 1. The van der Waals surface area contributed by atoms with Gasteiger partial charge in [-0.15, -0.1) is 0 Å². The predicted octanol–water partition coefficient (Wildman–Crippen LogP) is 3.68. The molecule has 0 saturated heterocycles. The first-order valence-electron chi connectivity index (χ1n) is 9.93. The molecule has 2 heterocycles. The maximum Gasteiger partial charge on any atom is 0.268 e. The molecule has 11 heteroatoms. The molecule has 0 unspecified atom stereocenters. The highest BCUT2D eigenvalue weighted by atomic mass is 32.2. The minimum absolute atomic E-state index is 0.000121. The number of carbonyl (C=O) groups is 1. The van der Waals surface area contributed by atoms with E-state index in [2.05, 4.69) is 14.7 Å². The summed E-state index contributed by atoms with van der Waals surface area (Å²) in [5, 5.41) is 11.0. The number of hydrogen-bond donors (Lipinski definition) is 1. The summed E-state index contributed by atoms with van der Waals surface area (Å²) in [5.41, 5.74) is 3.09. The third-order valence-electron chi connectivity index (χ3n) is 4.96. The van der Waals surface area contributed by atoms with Crippen LogP contribution in [0.1, 0.15) is 30.8 Å². The number of aryl methyl sites for hydroxylation is 1. The molecule has 0 spiro atoms. The zero-order chi connectivity index (χ0) is 24.3. The van der Waals surface area contributed by atoms with Gasteiger partial charge in [0, 0.05) is 22.9 Å². The molecule has 3 rings (SSSR count). The number of para-hydroxylation sites is 2. The zero-order valence-corrected chi connectivity index (χ0v) is 20.4. The highest BCUT2D eigenvalue weighted by molar-refractivity contribution is 7.91. The van der Waals surface area contributed by atoms with Crippen molar-refractivity contribution in [1.82, 2.24) is 13.9 Å². The van der Waals surface area contributed by atoms with Crippen LogP contribution < -0.4 is 10.1 Å². The molecule has 0 aliphatic rings. The molecule has 0 saturated carbocycles. The van der Waals surface area contributed by atoms with Crippen LogP contribution in [-0.4, -0.2) is 40.6 Å². The Hall–Kier alpha value is -3.49. The standard InChI is InChI=1S/C22H23N5O4S2/c1-13(2)33(29,30)22-25-21(32-26-22)24-20(28)17(12-23)11-16-10-14(3)27(15(16)4)18-8-6-7-9-19(18)31-5/h6-11,13H,1-5H3,(H,24,25,26,28)/b17-11-. The number of benzene rings is 1. The second-order valence-electron chi connectivity index (χ2n) is 7.43. The third kappa shape index (κ3) is 4.81. The summed E-state index contributed by atoms with van der Waals surface area (Å²) in [6.45, 7) is 6.84. The van der Waals surface area contributed by atoms with Crippen LogP contribution in [0.5, 0.6) is 5.75 Å². The molecule has 0 atom stereocenters. The van der Waals surface area contributed by atoms with Crippen LogP contribution in [-0.2, 0) is 14.6 Å². The van der Waals surface area contributed by atoms with Gasteiger partial charge in [0.15, 0.2) is 0 Å². The van der Waals surface area contributed by atoms with Crippen molar-refractivity contribution in [3.05, 3.63) is 52.9 Å². The number of nitriles is 1. The van der Waals surface area contributed by atoms with Crippen LogP contribution in [0.15, 0.2) is 41.1 Å². The molecule has 0 aliphatic heterocycles. The van der Waals surface area contributed by atoms with E-state index in [9.17, 15) is 18.5 Å². The first-order valence-corrected chi connectivity index (χ1v) is 12.2. The van der Waals surface area contributed by atoms with E-state index in [0.29, 0.717) is 11.3 Å². The first kappa shape index (κ1) is 24.2. The number of methoxy groups -OCH3 is 1. The maximum atomic E-state index is 12.7. The fraction of sp³-hybridized carbons (Fsp3) is 0.273. The molecular formula is C22H23N5O4S2. The Morgan fingerprint density at radius 2 is 2.00 bits per heavy atom. The quantitative estimate of drug-likeness (QED) is 0.399. The average molecular weight is 486 g/mol. The van der Waals surface area contributed by atoms with E-state index in [0.717, 1.165) is 28.6 Å². The molecule has 172 valence electrons. The van der Waals surface area contributed by atoms with Gasteiger partial charge in [0.2, 0.25) is 15.0 Å². The number of aromatic nitrogens is 3. The van der Waals surface area contributed by atoms with Gasteiger partial charge in [-0.3, -0.25) is 10.1 Å². The van der Waals surface area contributed by atoms with Gasteiger partial charge < -0.3 is 9.30 Å². The number of nitrogens with zero attached hydrogens (tertiary/aromatic N) is 4. The van der Waals surface area contributed by atoms with Gasteiger partial charge in [0.25, 0.3) is 11.1 Å². The molecule has 9 nitrogen and oxygen atoms in total. The van der Waals surface area contributed by atoms with Crippen molar-refractivity contribution in [2.45, 2.75) is 38.1 Å². The summed E-state index contributed by atoms with van der Waals surface area (Å²) >= 11 is 0.741. The second-order valence-corrected chi connectivity index (χ2v) is 10.6. The summed E-state index contributed by atoms with van der Waals surface area (Å²) in [6, 6.07) is 11.3. The van der Waals surface area contributed by atoms with Crippen molar-refractivity contribution < 1.29 is 17.9 Å². The SMILES string of the molecule is COc1ccccc1-n1c(C)cc(/C=C(/C#N)C(=O)Nc2nc(S(=O)(=O)C(C)C)ns2)c1C. The van der Waals surface area contributed by atoms with Crippen molar-refractivity contribution in [2.24, 2.45) is 0 Å². The van der Waals surface area contributed by atoms with Crippen LogP contribution >= 0.6 is 11.5 Å². The monoisotopic (exact) mass is 485 g/mol. The molecule has 33 heavy (non-hydrogen) atoms. The van der Waals surface area contributed by atoms with Crippen LogP contribution in [0.2, 0.25) is 0 Å². The number of ether oxygens (including phenoxy) is 1. The van der Waals surface area contributed by atoms with Crippen LogP contribution in [0.25, 0.3) is 11.8 Å². The molecule has 1 amide bonds. The molecule has 0 aliphatic carbocycles. The molecule has 0 fully saturated rings. The van der Waals surface area contributed by atoms with E-state index in [4.69, 9.17) is 4.74 Å². The number of anilines is 1. The lowest BCUT2D eigenvalue weighted by molar-refractivity contribution is -0.112. The largest absolute Gasteiger partial charge is 0.495 e. The van der Waals surface area contributed by atoms with Crippen molar-refractivity contribution in [1.29, 1.82) is 5.26 Å². The lowest BCUT2D eigenvalue weighted by atomic mass is 10.1. The lowest BCUT2D eigenvalue weighted by Gasteiger charge is -2.13. The highest BCUT2D eigenvalue weighted by Gasteiger charge is 2.25. The second kappa shape index (κ2) is 9.56. The smallest absolute Gasteiger partial charge is 0.268 e. The molecule has 0 radical (unpaired) electrons. The molecule has 0 bridgehead atoms. The Morgan fingerprint density at radius 3 is 2.64 bits per heavy atom. The summed E-state index contributed by atoms with van der Waals surface area (Å²) < 4.78 is 35.6. The number of rotatable bonds is 7. The van der Waals surface area contributed by atoms with E-state index < -0.39 is 21.0 Å². The average Bonchev–Trinajstić information content (AvgIpc) is 3.36. The summed E-state index contributed by atoms with van der Waals surface area (Å²) in [6.07, 6.45) is 1.48. The fourth-order valence-corrected chi connectivity index (χ4v) is 4.87. The van der Waals surface area contributed by atoms with Gasteiger partial charge in [-0.05, 0) is 57.5 Å². The van der Waals surface area contributed by atoms with Crippen LogP contribution in [0.3, 0.4) is 0 Å². The van der Waals surface area contributed by atoms with E-state index in [1.807, 2.05) is 54.8 Å². The van der Waals surface area contributed by atoms with Gasteiger partial charge >= 0.3 is 0 Å². The number of hydrogen-bond acceptors (Lipinski definition) is 8. The molecule has 2 aromatic heterocycles. The van der Waals surface area contributed by atoms with E-state index in [1.165, 1.54) is 19.9 Å². The molecule has 1 N–H and O–H groups in total. The van der Waals surface area contributed by atoms with Gasteiger partial charge in [-0.2, -0.15) is 14.6 Å². The number of amides is 1. The van der Waals surface area contributed by atoms with E-state index >= 15 is 0 Å². The normalized spacial score (nSPS) is 12.0. The lowest BCUT2D eigenvalue weighted by Crippen LogP contribution is -2.16. The summed E-state index contributed by atoms with van der Waals surface area (Å²) in [7, 11) is -2.07. The molecule has 3 aromatic rings. The van der Waals surface area contributed by atoms with Crippen LogP contribution in [0, 0.1) is 25.2 Å². The van der Waals surface area contributed by atoms with Gasteiger partial charge in [-0.1, -0.05) is 12.1 Å². The topological polar surface area (TPSA) is 127 Å². The Kier molecular flexibility index (Phi) is 7.00. The minimum Gasteiger partial charge on any atom is -0.495 e. The zero-order valence-electron chi connectivity index (χ0n) is 18.8. The minimum atomic E-state index is -3.66. The van der Waals surface area contributed by atoms with Gasteiger partial charge in [-0.25, -0.2) is 8.42 Å². The van der Waals surface area contributed by atoms with Gasteiger partial charge in [0.1, 0.15) is 17.4 Å². The Bertz CT molecular complexity index is 1380. The van der Waals surface area contributed by atoms with E-state index in [1.54, 1.807) is 7.11 Å². The fourth-order valence-electron chi connectivity index (χ4n) is 3.17. The summed E-state index contributed by atoms with van der Waals surface area (Å²) in [5.74, 6) is -0.0132.